The Hall–Kier alpha value is -2.32. The number of nitrogens with zero attached hydrogens (tertiary/aromatic N) is 1. The van der Waals surface area contributed by atoms with Crippen molar-refractivity contribution in [1.29, 1.82) is 0 Å². The fraction of sp³-hybridized carbons (Fsp3) is 0.125. The van der Waals surface area contributed by atoms with Crippen molar-refractivity contribution in [1.82, 2.24) is 0 Å². The highest BCUT2D eigenvalue weighted by Crippen LogP contribution is 2.29. The number of rotatable bonds is 2. The molecule has 0 unspecified atom stereocenters. The van der Waals surface area contributed by atoms with Crippen LogP contribution in [0.5, 0.6) is 5.75 Å². The van der Waals surface area contributed by atoms with Crippen LogP contribution in [0.25, 0.3) is 0 Å². The first-order valence-electron chi connectivity index (χ1n) is 4.07. The maximum Gasteiger partial charge on any atom is 0.471 e. The maximum atomic E-state index is 11.9. The number of halogens is 3. The smallest absolute Gasteiger partial charge is 0.471 e. The van der Waals surface area contributed by atoms with Gasteiger partial charge in [0.2, 0.25) is 0 Å². The van der Waals surface area contributed by atoms with E-state index in [4.69, 9.17) is 5.11 Å². The summed E-state index contributed by atoms with van der Waals surface area (Å²) in [6.07, 6.45) is -5.14. The molecule has 1 amide bonds. The molecule has 1 aromatic rings. The van der Waals surface area contributed by atoms with Crippen LogP contribution in [0.3, 0.4) is 0 Å². The normalized spacial score (nSPS) is 11.0. The van der Waals surface area contributed by atoms with E-state index in [1.807, 2.05) is 0 Å². The second-order valence-electron chi connectivity index (χ2n) is 2.91. The van der Waals surface area contributed by atoms with Gasteiger partial charge in [-0.05, 0) is 6.07 Å². The molecular weight excluding hydrogens is 245 g/mol. The van der Waals surface area contributed by atoms with Gasteiger partial charge in [0.25, 0.3) is 5.69 Å². The largest absolute Gasteiger partial charge is 0.506 e. The molecule has 0 saturated carbocycles. The zero-order chi connectivity index (χ0) is 13.2. The van der Waals surface area contributed by atoms with E-state index in [-0.39, 0.29) is 0 Å². The van der Waals surface area contributed by atoms with E-state index in [2.05, 4.69) is 0 Å². The second-order valence-corrected chi connectivity index (χ2v) is 2.91. The molecule has 0 heterocycles. The van der Waals surface area contributed by atoms with Gasteiger partial charge in [-0.3, -0.25) is 14.9 Å². The number of benzene rings is 1. The van der Waals surface area contributed by atoms with E-state index < -0.39 is 34.1 Å². The summed E-state index contributed by atoms with van der Waals surface area (Å²) in [5.41, 5.74) is -1.23. The molecule has 0 radical (unpaired) electrons. The van der Waals surface area contributed by atoms with Gasteiger partial charge in [-0.1, -0.05) is 0 Å². The standard InChI is InChI=1S/C8H5F3N2O4/c9-8(10,11)7(15)12-5-3-4(13(16)17)1-2-6(5)14/h1-3,14H,(H,12,15). The fourth-order valence-corrected chi connectivity index (χ4v) is 0.931. The molecule has 0 spiro atoms. The number of carbonyl (C=O) groups excluding carboxylic acids is 1. The van der Waals surface area contributed by atoms with Crippen molar-refractivity contribution in [3.05, 3.63) is 28.3 Å². The number of nitro benzene ring substituents is 1. The molecule has 0 aromatic heterocycles. The van der Waals surface area contributed by atoms with Crippen LogP contribution in [0.1, 0.15) is 0 Å². The molecule has 0 atom stereocenters. The second kappa shape index (κ2) is 4.28. The van der Waals surface area contributed by atoms with Crippen molar-refractivity contribution < 1.29 is 28.0 Å². The lowest BCUT2D eigenvalue weighted by Gasteiger charge is -2.08. The quantitative estimate of drug-likeness (QED) is 0.475. The molecular formula is C8H5F3N2O4. The number of phenolic OH excluding ortho intramolecular Hbond substituents is 1. The van der Waals surface area contributed by atoms with Crippen LogP contribution in [-0.2, 0) is 4.79 Å². The van der Waals surface area contributed by atoms with Crippen molar-refractivity contribution in [3.63, 3.8) is 0 Å². The van der Waals surface area contributed by atoms with Crippen molar-refractivity contribution in [2.75, 3.05) is 5.32 Å². The predicted octanol–water partition coefficient (Wildman–Crippen LogP) is 1.80. The highest BCUT2D eigenvalue weighted by Gasteiger charge is 2.39. The molecule has 1 aromatic carbocycles. The third kappa shape index (κ3) is 3.06. The van der Waals surface area contributed by atoms with E-state index in [1.165, 1.54) is 5.32 Å². The van der Waals surface area contributed by atoms with Gasteiger partial charge in [0.15, 0.2) is 0 Å². The van der Waals surface area contributed by atoms with Gasteiger partial charge in [0.05, 0.1) is 10.6 Å². The number of alkyl halides is 3. The summed E-state index contributed by atoms with van der Waals surface area (Å²) in [6, 6.07) is 2.32. The van der Waals surface area contributed by atoms with Crippen molar-refractivity contribution in [2.45, 2.75) is 6.18 Å². The zero-order valence-electron chi connectivity index (χ0n) is 7.99. The summed E-state index contributed by atoms with van der Waals surface area (Å²) in [7, 11) is 0. The van der Waals surface area contributed by atoms with E-state index >= 15 is 0 Å². The highest BCUT2D eigenvalue weighted by molar-refractivity contribution is 5.96. The Bertz CT molecular complexity index is 472. The molecule has 0 saturated heterocycles. The van der Waals surface area contributed by atoms with Gasteiger partial charge >= 0.3 is 12.1 Å². The molecule has 6 nitrogen and oxygen atoms in total. The topological polar surface area (TPSA) is 92.5 Å². The lowest BCUT2D eigenvalue weighted by Crippen LogP contribution is -2.29. The first-order valence-corrected chi connectivity index (χ1v) is 4.07. The van der Waals surface area contributed by atoms with Gasteiger partial charge in [0.1, 0.15) is 5.75 Å². The number of hydrogen-bond acceptors (Lipinski definition) is 4. The monoisotopic (exact) mass is 250 g/mol. The molecule has 0 aliphatic carbocycles. The average molecular weight is 250 g/mol. The SMILES string of the molecule is O=C(Nc1cc([N+](=O)[O-])ccc1O)C(F)(F)F. The first kappa shape index (κ1) is 12.7. The van der Waals surface area contributed by atoms with Gasteiger partial charge in [0, 0.05) is 12.1 Å². The Morgan fingerprint density at radius 2 is 2.00 bits per heavy atom. The molecule has 17 heavy (non-hydrogen) atoms. The van der Waals surface area contributed by atoms with Crippen LogP contribution >= 0.6 is 0 Å². The van der Waals surface area contributed by atoms with Crippen molar-refractivity contribution in [2.24, 2.45) is 0 Å². The number of anilines is 1. The number of amides is 1. The van der Waals surface area contributed by atoms with Crippen molar-refractivity contribution >= 4 is 17.3 Å². The van der Waals surface area contributed by atoms with Crippen LogP contribution in [0.15, 0.2) is 18.2 Å². The lowest BCUT2D eigenvalue weighted by atomic mass is 10.2. The summed E-state index contributed by atoms with van der Waals surface area (Å²) >= 11 is 0. The number of non-ortho nitro benzene ring substituents is 1. The minimum atomic E-state index is -5.14. The molecule has 1 rings (SSSR count). The number of hydrogen-bond donors (Lipinski definition) is 2. The van der Waals surface area contributed by atoms with Crippen molar-refractivity contribution in [3.8, 4) is 5.75 Å². The molecule has 0 aliphatic rings. The van der Waals surface area contributed by atoms with Crippen LogP contribution in [-0.4, -0.2) is 22.1 Å². The van der Waals surface area contributed by atoms with Crippen LogP contribution in [0.4, 0.5) is 24.5 Å². The summed E-state index contributed by atoms with van der Waals surface area (Å²) < 4.78 is 35.7. The van der Waals surface area contributed by atoms with Gasteiger partial charge in [-0.2, -0.15) is 13.2 Å². The van der Waals surface area contributed by atoms with E-state index in [0.717, 1.165) is 12.1 Å². The summed E-state index contributed by atoms with van der Waals surface area (Å²) in [6.45, 7) is 0. The Labute approximate surface area is 91.8 Å². The van der Waals surface area contributed by atoms with Crippen LogP contribution < -0.4 is 5.32 Å². The summed E-state index contributed by atoms with van der Waals surface area (Å²) in [5, 5.41) is 20.8. The summed E-state index contributed by atoms with van der Waals surface area (Å²) in [4.78, 5) is 20.0. The van der Waals surface area contributed by atoms with Gasteiger partial charge < -0.3 is 10.4 Å². The lowest BCUT2D eigenvalue weighted by molar-refractivity contribution is -0.384. The van der Waals surface area contributed by atoms with Crippen LogP contribution in [0, 0.1) is 10.1 Å². The number of aromatic hydroxyl groups is 1. The van der Waals surface area contributed by atoms with E-state index in [0.29, 0.717) is 6.07 Å². The molecule has 0 bridgehead atoms. The highest BCUT2D eigenvalue weighted by atomic mass is 19.4. The van der Waals surface area contributed by atoms with Crippen LogP contribution in [0.2, 0.25) is 0 Å². The Morgan fingerprint density at radius 1 is 1.41 bits per heavy atom. The Kier molecular flexibility index (Phi) is 3.21. The van der Waals surface area contributed by atoms with Gasteiger partial charge in [-0.15, -0.1) is 0 Å². The Balaban J connectivity index is 3.02. The number of phenols is 1. The van der Waals surface area contributed by atoms with E-state index in [1.54, 1.807) is 0 Å². The fourth-order valence-electron chi connectivity index (χ4n) is 0.931. The maximum absolute atomic E-state index is 11.9. The molecule has 2 N–H and O–H groups in total. The average Bonchev–Trinajstić information content (AvgIpc) is 2.19. The van der Waals surface area contributed by atoms with E-state index in [9.17, 15) is 28.1 Å². The molecule has 92 valence electrons. The zero-order valence-corrected chi connectivity index (χ0v) is 7.99. The number of nitro groups is 1. The molecule has 0 fully saturated rings. The Morgan fingerprint density at radius 3 is 2.47 bits per heavy atom. The first-order chi connectivity index (χ1) is 7.71. The molecule has 0 aliphatic heterocycles. The molecule has 9 heteroatoms. The third-order valence-electron chi connectivity index (χ3n) is 1.70. The number of carbonyl (C=O) groups is 1. The number of nitrogens with one attached hydrogen (secondary N) is 1. The predicted molar refractivity (Wildman–Crippen MR) is 49.4 cm³/mol. The van der Waals surface area contributed by atoms with Gasteiger partial charge in [-0.25, -0.2) is 0 Å². The third-order valence-corrected chi connectivity index (χ3v) is 1.70. The minimum absolute atomic E-state index is 0.555. The summed E-state index contributed by atoms with van der Waals surface area (Å²) in [5.74, 6) is -3.03. The minimum Gasteiger partial charge on any atom is -0.506 e.